The van der Waals surface area contributed by atoms with Crippen molar-refractivity contribution in [3.05, 3.63) is 40.5 Å². The Balaban J connectivity index is 1.97. The maximum Gasteiger partial charge on any atom is 0.417 e. The molecule has 3 N–H and O–H groups in total. The average Bonchev–Trinajstić information content (AvgIpc) is 2.94. The number of ether oxygens (including phenoxy) is 1. The van der Waals surface area contributed by atoms with Gasteiger partial charge in [0, 0.05) is 13.1 Å². The summed E-state index contributed by atoms with van der Waals surface area (Å²) in [4.78, 5) is 0. The number of rotatable bonds is 1. The number of aromatic nitrogens is 1. The number of halogens is 3. The van der Waals surface area contributed by atoms with E-state index in [0.29, 0.717) is 24.2 Å². The smallest absolute Gasteiger partial charge is 0.417 e. The fourth-order valence-corrected chi connectivity index (χ4v) is 4.19. The van der Waals surface area contributed by atoms with Gasteiger partial charge in [-0.3, -0.25) is 4.57 Å². The Morgan fingerprint density at radius 1 is 1.15 bits per heavy atom. The second-order valence-electron chi connectivity index (χ2n) is 7.24. The van der Waals surface area contributed by atoms with Crippen molar-refractivity contribution in [3.8, 4) is 23.5 Å². The van der Waals surface area contributed by atoms with Gasteiger partial charge in [0.2, 0.25) is 11.8 Å². The van der Waals surface area contributed by atoms with Crippen molar-refractivity contribution in [1.29, 1.82) is 5.26 Å². The van der Waals surface area contributed by atoms with Gasteiger partial charge in [-0.2, -0.15) is 18.4 Å². The highest BCUT2D eigenvalue weighted by atomic mass is 19.4. The van der Waals surface area contributed by atoms with E-state index in [2.05, 4.69) is 5.32 Å². The summed E-state index contributed by atoms with van der Waals surface area (Å²) in [5, 5.41) is 33.7. The van der Waals surface area contributed by atoms with Gasteiger partial charge in [0.25, 0.3) is 0 Å². The first-order valence-corrected chi connectivity index (χ1v) is 8.22. The third-order valence-corrected chi connectivity index (χ3v) is 5.24. The molecule has 2 atom stereocenters. The van der Waals surface area contributed by atoms with Gasteiger partial charge in [0.15, 0.2) is 0 Å². The van der Waals surface area contributed by atoms with Crippen LogP contribution < -0.4 is 5.32 Å². The third kappa shape index (κ3) is 2.27. The first-order chi connectivity index (χ1) is 12.5. The Morgan fingerprint density at radius 3 is 2.19 bits per heavy atom. The van der Waals surface area contributed by atoms with Crippen molar-refractivity contribution in [2.75, 3.05) is 13.1 Å². The number of nitrogens with zero attached hydrogens (tertiary/aromatic N) is 2. The lowest BCUT2D eigenvalue weighted by Crippen LogP contribution is -2.49. The van der Waals surface area contributed by atoms with Gasteiger partial charge >= 0.3 is 6.18 Å². The zero-order chi connectivity index (χ0) is 19.8. The molecule has 0 amide bonds. The van der Waals surface area contributed by atoms with Crippen molar-refractivity contribution in [1.82, 2.24) is 9.88 Å². The first kappa shape index (κ1) is 17.7. The molecule has 1 fully saturated rings. The molecule has 0 saturated carbocycles. The summed E-state index contributed by atoms with van der Waals surface area (Å²) in [6, 6.07) is 4.52. The third-order valence-electron chi connectivity index (χ3n) is 5.24. The minimum atomic E-state index is -4.75. The van der Waals surface area contributed by atoms with E-state index >= 15 is 0 Å². The number of benzene rings is 1. The molecular weight excluding hydrogens is 363 g/mol. The molecule has 1 aromatic heterocycles. The number of fused-ring (bicyclic) bond motifs is 5. The molecule has 2 bridgehead atoms. The Kier molecular flexibility index (Phi) is 3.40. The number of aromatic hydroxyl groups is 2. The molecule has 2 aliphatic heterocycles. The molecule has 0 radical (unpaired) electrons. The molecule has 6 nitrogen and oxygen atoms in total. The van der Waals surface area contributed by atoms with Crippen LogP contribution in [0.4, 0.5) is 13.2 Å². The van der Waals surface area contributed by atoms with E-state index < -0.39 is 28.5 Å². The van der Waals surface area contributed by atoms with Crippen LogP contribution in [0.5, 0.6) is 11.8 Å². The standard InChI is InChI=1S/C18H16F3N3O3/c1-16-7-23-8-17(2,27-16)13-12(16)14(25)24(15(13)26)10-4-3-9(6-22)11(5-10)18(19,20)21/h3-5,23,25-26H,7-8H2,1-2H3. The normalized spacial score (nSPS) is 26.7. The van der Waals surface area contributed by atoms with Crippen molar-refractivity contribution in [2.45, 2.75) is 31.2 Å². The van der Waals surface area contributed by atoms with Crippen LogP contribution in [-0.2, 0) is 22.1 Å². The molecule has 142 valence electrons. The van der Waals surface area contributed by atoms with E-state index in [1.165, 1.54) is 12.1 Å². The second-order valence-corrected chi connectivity index (χ2v) is 7.24. The van der Waals surface area contributed by atoms with Crippen molar-refractivity contribution in [3.63, 3.8) is 0 Å². The zero-order valence-electron chi connectivity index (χ0n) is 14.5. The zero-order valence-corrected chi connectivity index (χ0v) is 14.5. The van der Waals surface area contributed by atoms with E-state index in [4.69, 9.17) is 10.00 Å². The van der Waals surface area contributed by atoms with Gasteiger partial charge in [-0.1, -0.05) is 0 Å². The number of hydrogen-bond acceptors (Lipinski definition) is 5. The topological polar surface area (TPSA) is 90.4 Å². The lowest BCUT2D eigenvalue weighted by molar-refractivity contribution is -0.148. The van der Waals surface area contributed by atoms with E-state index in [-0.39, 0.29) is 17.4 Å². The molecule has 0 spiro atoms. The van der Waals surface area contributed by atoms with Gasteiger partial charge in [-0.15, -0.1) is 0 Å². The van der Waals surface area contributed by atoms with E-state index in [1.807, 2.05) is 0 Å². The van der Waals surface area contributed by atoms with E-state index in [1.54, 1.807) is 13.8 Å². The predicted molar refractivity (Wildman–Crippen MR) is 87.5 cm³/mol. The monoisotopic (exact) mass is 379 g/mol. The van der Waals surface area contributed by atoms with Gasteiger partial charge in [0.05, 0.1) is 34.0 Å². The summed E-state index contributed by atoms with van der Waals surface area (Å²) < 4.78 is 46.9. The predicted octanol–water partition coefficient (Wildman–Crippen LogP) is 2.84. The van der Waals surface area contributed by atoms with E-state index in [9.17, 15) is 23.4 Å². The van der Waals surface area contributed by atoms with Crippen LogP contribution in [0.25, 0.3) is 5.69 Å². The highest BCUT2D eigenvalue weighted by Crippen LogP contribution is 2.57. The van der Waals surface area contributed by atoms with Crippen LogP contribution >= 0.6 is 0 Å². The van der Waals surface area contributed by atoms with Crippen LogP contribution in [0.15, 0.2) is 18.2 Å². The summed E-state index contributed by atoms with van der Waals surface area (Å²) in [5.41, 5.74) is -2.90. The van der Waals surface area contributed by atoms with Gasteiger partial charge in [-0.25, -0.2) is 0 Å². The summed E-state index contributed by atoms with van der Waals surface area (Å²) in [6.45, 7) is 4.25. The van der Waals surface area contributed by atoms with Crippen LogP contribution in [0.2, 0.25) is 0 Å². The minimum Gasteiger partial charge on any atom is -0.494 e. The lowest BCUT2D eigenvalue weighted by Gasteiger charge is -2.37. The first-order valence-electron chi connectivity index (χ1n) is 8.22. The van der Waals surface area contributed by atoms with Crippen LogP contribution in [0.3, 0.4) is 0 Å². The molecule has 2 aromatic rings. The largest absolute Gasteiger partial charge is 0.494 e. The molecule has 27 heavy (non-hydrogen) atoms. The minimum absolute atomic E-state index is 0.0936. The molecule has 4 rings (SSSR count). The molecule has 2 unspecified atom stereocenters. The summed E-state index contributed by atoms with van der Waals surface area (Å²) in [7, 11) is 0. The van der Waals surface area contributed by atoms with Gasteiger partial charge in [0.1, 0.15) is 11.2 Å². The molecular formula is C18H16F3N3O3. The number of hydrogen-bond donors (Lipinski definition) is 3. The van der Waals surface area contributed by atoms with E-state index in [0.717, 1.165) is 16.7 Å². The number of nitrogens with one attached hydrogen (secondary N) is 1. The van der Waals surface area contributed by atoms with Crippen molar-refractivity contribution < 1.29 is 28.1 Å². The van der Waals surface area contributed by atoms with Crippen LogP contribution in [-0.4, -0.2) is 27.9 Å². The highest BCUT2D eigenvalue weighted by Gasteiger charge is 2.56. The Hall–Kier alpha value is -2.70. The molecule has 9 heteroatoms. The molecule has 1 saturated heterocycles. The molecule has 0 aliphatic carbocycles. The maximum absolute atomic E-state index is 13.3. The summed E-state index contributed by atoms with van der Waals surface area (Å²) in [5.74, 6) is -0.759. The lowest BCUT2D eigenvalue weighted by atomic mass is 9.94. The Bertz CT molecular complexity index is 968. The van der Waals surface area contributed by atoms with Crippen molar-refractivity contribution >= 4 is 0 Å². The summed E-state index contributed by atoms with van der Waals surface area (Å²) >= 11 is 0. The van der Waals surface area contributed by atoms with Crippen molar-refractivity contribution in [2.24, 2.45) is 0 Å². The van der Waals surface area contributed by atoms with Gasteiger partial charge < -0.3 is 20.3 Å². The Morgan fingerprint density at radius 2 is 1.70 bits per heavy atom. The summed E-state index contributed by atoms with van der Waals surface area (Å²) in [6.07, 6.45) is -4.75. The van der Waals surface area contributed by atoms with Crippen LogP contribution in [0, 0.1) is 11.3 Å². The molecule has 3 heterocycles. The fraction of sp³-hybridized carbons (Fsp3) is 0.389. The Labute approximate surface area is 152 Å². The number of alkyl halides is 3. The highest BCUT2D eigenvalue weighted by molar-refractivity contribution is 5.61. The average molecular weight is 379 g/mol. The SMILES string of the molecule is CC12CNCC(C)(O1)c1c2c(O)n(-c2ccc(C#N)c(C(F)(F)F)c2)c1O. The number of nitriles is 1. The maximum atomic E-state index is 13.3. The number of morpholine rings is 1. The second kappa shape index (κ2) is 5.18. The fourth-order valence-electron chi connectivity index (χ4n) is 4.19. The van der Waals surface area contributed by atoms with Gasteiger partial charge in [-0.05, 0) is 32.0 Å². The van der Waals surface area contributed by atoms with Crippen LogP contribution in [0.1, 0.15) is 36.1 Å². The molecule has 1 aromatic carbocycles. The quantitative estimate of drug-likeness (QED) is 0.709. The molecule has 2 aliphatic rings.